The molecule has 4 N–H and O–H groups in total. The summed E-state index contributed by atoms with van der Waals surface area (Å²) in [5.41, 5.74) is 5.31. The molecule has 0 aliphatic rings. The molecular formula is C10H18Cl2N2O4. The van der Waals surface area contributed by atoms with Crippen molar-refractivity contribution in [1.29, 1.82) is 0 Å². The van der Waals surface area contributed by atoms with Gasteiger partial charge < -0.3 is 20.9 Å². The first-order chi connectivity index (χ1) is 8.54. The van der Waals surface area contributed by atoms with Gasteiger partial charge in [0.25, 0.3) is 0 Å². The lowest BCUT2D eigenvalue weighted by molar-refractivity contribution is -0.139. The molecule has 8 heteroatoms. The Kier molecular flexibility index (Phi) is 9.82. The van der Waals surface area contributed by atoms with Gasteiger partial charge in [-0.05, 0) is 25.8 Å². The molecule has 0 radical (unpaired) electrons. The van der Waals surface area contributed by atoms with Crippen molar-refractivity contribution in [2.75, 3.05) is 18.3 Å². The summed E-state index contributed by atoms with van der Waals surface area (Å²) in [4.78, 5) is 22.3. The Morgan fingerprint density at radius 2 is 1.89 bits per heavy atom. The second-order valence-corrected chi connectivity index (χ2v) is 4.27. The first-order valence-corrected chi connectivity index (χ1v) is 6.64. The summed E-state index contributed by atoms with van der Waals surface area (Å²) in [5.74, 6) is -0.999. The van der Waals surface area contributed by atoms with Gasteiger partial charge in [0.15, 0.2) is 0 Å². The highest BCUT2D eigenvalue weighted by molar-refractivity contribution is 6.21. The van der Waals surface area contributed by atoms with Crippen molar-refractivity contribution in [3.63, 3.8) is 0 Å². The molecular weight excluding hydrogens is 283 g/mol. The van der Waals surface area contributed by atoms with Crippen LogP contribution in [0.1, 0.15) is 19.3 Å². The average molecular weight is 301 g/mol. The summed E-state index contributed by atoms with van der Waals surface area (Å²) < 4.78 is 4.83. The fourth-order valence-corrected chi connectivity index (χ4v) is 1.64. The number of hydrogen-bond acceptors (Lipinski definition) is 4. The van der Waals surface area contributed by atoms with E-state index in [0.717, 1.165) is 0 Å². The van der Waals surface area contributed by atoms with Crippen LogP contribution in [0.5, 0.6) is 0 Å². The summed E-state index contributed by atoms with van der Waals surface area (Å²) in [5, 5.41) is 11.2. The van der Waals surface area contributed by atoms with E-state index in [1.807, 2.05) is 0 Å². The molecule has 0 bridgehead atoms. The molecule has 0 rings (SSSR count). The van der Waals surface area contributed by atoms with Crippen LogP contribution in [0, 0.1) is 0 Å². The van der Waals surface area contributed by atoms with Crippen LogP contribution in [0.4, 0.5) is 4.79 Å². The van der Waals surface area contributed by atoms with E-state index in [-0.39, 0.29) is 11.8 Å². The van der Waals surface area contributed by atoms with Gasteiger partial charge in [0, 0.05) is 0 Å². The molecule has 1 amide bonds. The molecule has 18 heavy (non-hydrogen) atoms. The third-order valence-electron chi connectivity index (χ3n) is 2.16. The zero-order valence-electron chi connectivity index (χ0n) is 9.90. The first-order valence-electron chi connectivity index (χ1n) is 5.57. The molecule has 0 fully saturated rings. The fourth-order valence-electron chi connectivity index (χ4n) is 1.18. The minimum absolute atomic E-state index is 0.0574. The monoisotopic (exact) mass is 300 g/mol. The van der Waals surface area contributed by atoms with Crippen LogP contribution >= 0.6 is 23.2 Å². The maximum atomic E-state index is 11.4. The minimum atomic E-state index is -1.11. The fraction of sp³-hybridized carbons (Fsp3) is 0.800. The van der Waals surface area contributed by atoms with Crippen molar-refractivity contribution in [2.45, 2.75) is 31.4 Å². The van der Waals surface area contributed by atoms with Gasteiger partial charge in [-0.15, -0.1) is 23.2 Å². The number of rotatable bonds is 9. The maximum absolute atomic E-state index is 11.4. The average Bonchev–Trinajstić information content (AvgIpc) is 2.34. The number of carboxylic acids is 1. The summed E-state index contributed by atoms with van der Waals surface area (Å²) in [7, 11) is 0. The maximum Gasteiger partial charge on any atom is 0.408 e. The number of nitrogens with two attached hydrogens (primary N) is 1. The van der Waals surface area contributed by atoms with Gasteiger partial charge in [0.2, 0.25) is 0 Å². The van der Waals surface area contributed by atoms with Gasteiger partial charge in [-0.3, -0.25) is 0 Å². The van der Waals surface area contributed by atoms with Crippen LogP contribution in [0.25, 0.3) is 0 Å². The lowest BCUT2D eigenvalue weighted by Crippen LogP contribution is -2.42. The van der Waals surface area contributed by atoms with Crippen molar-refractivity contribution in [2.24, 2.45) is 5.73 Å². The number of ether oxygens (including phenoxy) is 1. The van der Waals surface area contributed by atoms with Gasteiger partial charge in [-0.1, -0.05) is 0 Å². The Morgan fingerprint density at radius 3 is 2.33 bits per heavy atom. The molecule has 0 aromatic rings. The Morgan fingerprint density at radius 1 is 1.28 bits per heavy atom. The SMILES string of the molecule is NCCCCC(NC(=O)OC(CCl)CCl)C(=O)O. The molecule has 1 unspecified atom stereocenters. The number of hydrogen-bond donors (Lipinski definition) is 3. The van der Waals surface area contributed by atoms with E-state index in [1.165, 1.54) is 0 Å². The van der Waals surface area contributed by atoms with Gasteiger partial charge in [-0.25, -0.2) is 9.59 Å². The molecule has 106 valence electrons. The number of nitrogens with one attached hydrogen (secondary N) is 1. The number of alkyl carbamates (subject to hydrolysis) is 1. The van der Waals surface area contributed by atoms with Crippen LogP contribution in [-0.4, -0.2) is 47.6 Å². The Hall–Kier alpha value is -0.720. The molecule has 6 nitrogen and oxygen atoms in total. The van der Waals surface area contributed by atoms with Gasteiger partial charge >= 0.3 is 12.1 Å². The summed E-state index contributed by atoms with van der Waals surface area (Å²) in [6.45, 7) is 0.483. The summed E-state index contributed by atoms with van der Waals surface area (Å²) in [6.07, 6.45) is 0.149. The lowest BCUT2D eigenvalue weighted by Gasteiger charge is -2.17. The van der Waals surface area contributed by atoms with Crippen LogP contribution in [-0.2, 0) is 9.53 Å². The van der Waals surface area contributed by atoms with Crippen molar-refractivity contribution in [1.82, 2.24) is 5.32 Å². The minimum Gasteiger partial charge on any atom is -0.480 e. The molecule has 0 aliphatic heterocycles. The predicted octanol–water partition coefficient (Wildman–Crippen LogP) is 1.14. The zero-order chi connectivity index (χ0) is 14.0. The number of halogens is 2. The van der Waals surface area contributed by atoms with Crippen LogP contribution < -0.4 is 11.1 Å². The van der Waals surface area contributed by atoms with Gasteiger partial charge in [-0.2, -0.15) is 0 Å². The quantitative estimate of drug-likeness (QED) is 0.438. The standard InChI is InChI=1S/C10H18Cl2N2O4/c11-5-7(6-12)18-10(17)14-8(9(15)16)3-1-2-4-13/h7-8H,1-6,13H2,(H,14,17)(H,15,16). The smallest absolute Gasteiger partial charge is 0.408 e. The lowest BCUT2D eigenvalue weighted by atomic mass is 10.1. The second kappa shape index (κ2) is 10.2. The Bertz CT molecular complexity index is 262. The van der Waals surface area contributed by atoms with Crippen LogP contribution in [0.15, 0.2) is 0 Å². The van der Waals surface area contributed by atoms with Crippen molar-refractivity contribution in [3.8, 4) is 0 Å². The number of unbranched alkanes of at least 4 members (excludes halogenated alkanes) is 1. The van der Waals surface area contributed by atoms with E-state index in [4.69, 9.17) is 38.8 Å². The van der Waals surface area contributed by atoms with Crippen molar-refractivity contribution in [3.05, 3.63) is 0 Å². The number of aliphatic carboxylic acids is 1. The number of carbonyl (C=O) groups is 2. The highest BCUT2D eigenvalue weighted by Gasteiger charge is 2.21. The van der Waals surface area contributed by atoms with Crippen LogP contribution in [0.2, 0.25) is 0 Å². The molecule has 0 saturated carbocycles. The van der Waals surface area contributed by atoms with Gasteiger partial charge in [0.05, 0.1) is 11.8 Å². The third kappa shape index (κ3) is 7.58. The van der Waals surface area contributed by atoms with E-state index in [0.29, 0.717) is 25.8 Å². The van der Waals surface area contributed by atoms with Crippen molar-refractivity contribution < 1.29 is 19.4 Å². The second-order valence-electron chi connectivity index (χ2n) is 3.66. The molecule has 0 aromatic carbocycles. The summed E-state index contributed by atoms with van der Waals surface area (Å²) in [6, 6.07) is -0.990. The van der Waals surface area contributed by atoms with E-state index in [1.54, 1.807) is 0 Å². The van der Waals surface area contributed by atoms with E-state index in [2.05, 4.69) is 5.32 Å². The Labute approximate surface area is 116 Å². The summed E-state index contributed by atoms with van der Waals surface area (Å²) >= 11 is 11.0. The van der Waals surface area contributed by atoms with E-state index >= 15 is 0 Å². The normalized spacial score (nSPS) is 12.2. The largest absolute Gasteiger partial charge is 0.480 e. The van der Waals surface area contributed by atoms with Crippen LogP contribution in [0.3, 0.4) is 0 Å². The predicted molar refractivity (Wildman–Crippen MR) is 69.2 cm³/mol. The number of carboxylic acid groups (broad SMARTS) is 1. The van der Waals surface area contributed by atoms with Gasteiger partial charge in [0.1, 0.15) is 12.1 Å². The molecule has 0 aliphatic carbocycles. The molecule has 0 saturated heterocycles. The zero-order valence-corrected chi connectivity index (χ0v) is 11.4. The third-order valence-corrected chi connectivity index (χ3v) is 2.84. The topological polar surface area (TPSA) is 102 Å². The highest BCUT2D eigenvalue weighted by atomic mass is 35.5. The van der Waals surface area contributed by atoms with Crippen molar-refractivity contribution >= 4 is 35.3 Å². The van der Waals surface area contributed by atoms with E-state index < -0.39 is 24.2 Å². The molecule has 1 atom stereocenters. The number of alkyl halides is 2. The number of amides is 1. The molecule has 0 heterocycles. The number of carbonyl (C=O) groups excluding carboxylic acids is 1. The molecule has 0 spiro atoms. The first kappa shape index (κ1) is 17.3. The van der Waals surface area contributed by atoms with E-state index in [9.17, 15) is 9.59 Å². The molecule has 0 aromatic heterocycles. The highest BCUT2D eigenvalue weighted by Crippen LogP contribution is 2.03. The Balaban J connectivity index is 4.14.